The summed E-state index contributed by atoms with van der Waals surface area (Å²) >= 11 is 3.58. The SMILES string of the molecule is Brc1cccc([C@@H]2CCCN2Cc2nnc3n2CCOC3)c1. The normalized spacial score (nSPS) is 22.0. The van der Waals surface area contributed by atoms with E-state index in [9.17, 15) is 0 Å². The van der Waals surface area contributed by atoms with Gasteiger partial charge in [-0.2, -0.15) is 0 Å². The summed E-state index contributed by atoms with van der Waals surface area (Å²) in [4.78, 5) is 2.52. The monoisotopic (exact) mass is 362 g/mol. The lowest BCUT2D eigenvalue weighted by molar-refractivity contribution is 0.0794. The van der Waals surface area contributed by atoms with Gasteiger partial charge < -0.3 is 9.30 Å². The molecule has 3 heterocycles. The third-order valence-electron chi connectivity index (χ3n) is 4.54. The zero-order valence-corrected chi connectivity index (χ0v) is 14.0. The van der Waals surface area contributed by atoms with Crippen molar-refractivity contribution in [2.24, 2.45) is 0 Å². The highest BCUT2D eigenvalue weighted by atomic mass is 79.9. The van der Waals surface area contributed by atoms with E-state index in [1.165, 1.54) is 18.4 Å². The largest absolute Gasteiger partial charge is 0.372 e. The first kappa shape index (κ1) is 14.4. The maximum absolute atomic E-state index is 5.44. The van der Waals surface area contributed by atoms with E-state index in [0.29, 0.717) is 12.6 Å². The van der Waals surface area contributed by atoms with Crippen LogP contribution in [0.1, 0.15) is 36.1 Å². The first-order chi connectivity index (χ1) is 10.8. The minimum Gasteiger partial charge on any atom is -0.372 e. The third-order valence-corrected chi connectivity index (χ3v) is 5.03. The predicted molar refractivity (Wildman–Crippen MR) is 86.2 cm³/mol. The fourth-order valence-electron chi connectivity index (χ4n) is 3.46. The zero-order valence-electron chi connectivity index (χ0n) is 12.4. The maximum atomic E-state index is 5.44. The molecule has 0 saturated carbocycles. The van der Waals surface area contributed by atoms with Gasteiger partial charge in [-0.3, -0.25) is 4.90 Å². The van der Waals surface area contributed by atoms with Gasteiger partial charge in [0.2, 0.25) is 0 Å². The van der Waals surface area contributed by atoms with Crippen molar-refractivity contribution in [3.05, 3.63) is 46.0 Å². The van der Waals surface area contributed by atoms with Crippen LogP contribution in [0.25, 0.3) is 0 Å². The molecule has 22 heavy (non-hydrogen) atoms. The molecule has 0 spiro atoms. The Morgan fingerprint density at radius 2 is 2.23 bits per heavy atom. The lowest BCUT2D eigenvalue weighted by Gasteiger charge is -2.25. The van der Waals surface area contributed by atoms with Gasteiger partial charge in [-0.15, -0.1) is 10.2 Å². The molecule has 1 aromatic heterocycles. The van der Waals surface area contributed by atoms with Crippen LogP contribution in [0.3, 0.4) is 0 Å². The third kappa shape index (κ3) is 2.71. The first-order valence-electron chi connectivity index (χ1n) is 7.79. The standard InChI is InChI=1S/C16H19BrN4O/c17-13-4-1-3-12(9-13)14-5-2-6-20(14)10-15-18-19-16-11-22-8-7-21(15)16/h1,3-4,9,14H,2,5-8,10-11H2/t14-/m0/s1. The molecule has 116 valence electrons. The van der Waals surface area contributed by atoms with Crippen molar-refractivity contribution in [3.63, 3.8) is 0 Å². The van der Waals surface area contributed by atoms with E-state index in [1.807, 2.05) is 0 Å². The van der Waals surface area contributed by atoms with Crippen molar-refractivity contribution in [3.8, 4) is 0 Å². The van der Waals surface area contributed by atoms with Crippen LogP contribution in [-0.4, -0.2) is 32.8 Å². The van der Waals surface area contributed by atoms with E-state index in [-0.39, 0.29) is 0 Å². The predicted octanol–water partition coefficient (Wildman–Crippen LogP) is 2.91. The quantitative estimate of drug-likeness (QED) is 0.841. The molecule has 0 amide bonds. The average molecular weight is 363 g/mol. The van der Waals surface area contributed by atoms with Crippen molar-refractivity contribution >= 4 is 15.9 Å². The molecule has 0 N–H and O–H groups in total. The van der Waals surface area contributed by atoms with Gasteiger partial charge in [0, 0.05) is 17.1 Å². The summed E-state index contributed by atoms with van der Waals surface area (Å²) in [6.07, 6.45) is 2.45. The molecule has 1 aromatic carbocycles. The Kier molecular flexibility index (Phi) is 3.98. The van der Waals surface area contributed by atoms with Crippen LogP contribution in [0.15, 0.2) is 28.7 Å². The summed E-state index contributed by atoms with van der Waals surface area (Å²) in [5, 5.41) is 8.65. The second-order valence-electron chi connectivity index (χ2n) is 5.92. The minimum atomic E-state index is 0.477. The van der Waals surface area contributed by atoms with Crippen LogP contribution in [0.2, 0.25) is 0 Å². The Balaban J connectivity index is 1.56. The number of rotatable bonds is 3. The van der Waals surface area contributed by atoms with Gasteiger partial charge in [0.25, 0.3) is 0 Å². The molecule has 0 radical (unpaired) electrons. The second kappa shape index (κ2) is 6.10. The van der Waals surface area contributed by atoms with Gasteiger partial charge in [0.1, 0.15) is 12.4 Å². The van der Waals surface area contributed by atoms with Crippen LogP contribution in [0.4, 0.5) is 0 Å². The van der Waals surface area contributed by atoms with E-state index in [2.05, 4.69) is 59.9 Å². The fourth-order valence-corrected chi connectivity index (χ4v) is 3.88. The smallest absolute Gasteiger partial charge is 0.159 e. The second-order valence-corrected chi connectivity index (χ2v) is 6.84. The average Bonchev–Trinajstić information content (AvgIpc) is 3.15. The van der Waals surface area contributed by atoms with E-state index >= 15 is 0 Å². The minimum absolute atomic E-state index is 0.477. The van der Waals surface area contributed by atoms with E-state index in [4.69, 9.17) is 4.74 Å². The fraction of sp³-hybridized carbons (Fsp3) is 0.500. The maximum Gasteiger partial charge on any atom is 0.159 e. The molecular weight excluding hydrogens is 344 g/mol. The zero-order chi connectivity index (χ0) is 14.9. The number of hydrogen-bond acceptors (Lipinski definition) is 4. The highest BCUT2D eigenvalue weighted by molar-refractivity contribution is 9.10. The lowest BCUT2D eigenvalue weighted by Crippen LogP contribution is -2.26. The van der Waals surface area contributed by atoms with Crippen molar-refractivity contribution in [1.82, 2.24) is 19.7 Å². The molecule has 1 atom stereocenters. The Bertz CT molecular complexity index is 672. The molecule has 1 fully saturated rings. The van der Waals surface area contributed by atoms with Crippen molar-refractivity contribution in [1.29, 1.82) is 0 Å². The molecule has 2 aliphatic heterocycles. The van der Waals surface area contributed by atoms with Gasteiger partial charge in [-0.05, 0) is 37.1 Å². The van der Waals surface area contributed by atoms with Crippen LogP contribution < -0.4 is 0 Å². The van der Waals surface area contributed by atoms with Crippen LogP contribution in [0, 0.1) is 0 Å². The van der Waals surface area contributed by atoms with Gasteiger partial charge in [-0.25, -0.2) is 0 Å². The summed E-state index contributed by atoms with van der Waals surface area (Å²) in [5.41, 5.74) is 1.38. The summed E-state index contributed by atoms with van der Waals surface area (Å²) in [6.45, 7) is 4.20. The summed E-state index contributed by atoms with van der Waals surface area (Å²) in [6, 6.07) is 9.13. The number of halogens is 1. The molecule has 6 heteroatoms. The summed E-state index contributed by atoms with van der Waals surface area (Å²) in [5.74, 6) is 2.03. The Hall–Kier alpha value is -1.24. The number of ether oxygens (including phenoxy) is 1. The molecule has 2 aliphatic rings. The Morgan fingerprint density at radius 3 is 3.14 bits per heavy atom. The summed E-state index contributed by atoms with van der Waals surface area (Å²) < 4.78 is 8.81. The molecule has 2 aromatic rings. The molecule has 0 unspecified atom stereocenters. The Morgan fingerprint density at radius 1 is 1.27 bits per heavy atom. The number of hydrogen-bond donors (Lipinski definition) is 0. The van der Waals surface area contributed by atoms with E-state index in [1.54, 1.807) is 0 Å². The number of fused-ring (bicyclic) bond motifs is 1. The van der Waals surface area contributed by atoms with Gasteiger partial charge in [0.15, 0.2) is 5.82 Å². The molecule has 4 rings (SSSR count). The van der Waals surface area contributed by atoms with Gasteiger partial charge in [0.05, 0.1) is 13.2 Å². The number of benzene rings is 1. The van der Waals surface area contributed by atoms with Gasteiger partial charge in [-0.1, -0.05) is 28.1 Å². The van der Waals surface area contributed by atoms with Crippen molar-refractivity contribution in [2.45, 2.75) is 38.6 Å². The molecule has 0 bridgehead atoms. The van der Waals surface area contributed by atoms with Gasteiger partial charge >= 0.3 is 0 Å². The molecule has 5 nitrogen and oxygen atoms in total. The Labute approximate surface area is 138 Å². The topological polar surface area (TPSA) is 43.2 Å². The highest BCUT2D eigenvalue weighted by Crippen LogP contribution is 2.34. The van der Waals surface area contributed by atoms with E-state index in [0.717, 1.165) is 42.4 Å². The first-order valence-corrected chi connectivity index (χ1v) is 8.59. The van der Waals surface area contributed by atoms with Crippen molar-refractivity contribution < 1.29 is 4.74 Å². The van der Waals surface area contributed by atoms with E-state index < -0.39 is 0 Å². The number of nitrogens with zero attached hydrogens (tertiary/aromatic N) is 4. The number of likely N-dealkylation sites (tertiary alicyclic amines) is 1. The molecule has 0 aliphatic carbocycles. The van der Waals surface area contributed by atoms with Crippen molar-refractivity contribution in [2.75, 3.05) is 13.2 Å². The lowest BCUT2D eigenvalue weighted by atomic mass is 10.0. The van der Waals surface area contributed by atoms with Crippen LogP contribution in [-0.2, 0) is 24.4 Å². The number of aromatic nitrogens is 3. The highest BCUT2D eigenvalue weighted by Gasteiger charge is 2.28. The summed E-state index contributed by atoms with van der Waals surface area (Å²) in [7, 11) is 0. The molecule has 1 saturated heterocycles. The van der Waals surface area contributed by atoms with Crippen LogP contribution in [0.5, 0.6) is 0 Å². The molecular formula is C16H19BrN4O. The van der Waals surface area contributed by atoms with Crippen LogP contribution >= 0.6 is 15.9 Å².